The standard InChI is InChI=1S/C21H29N5O/c27-19(5-4-14-25-12-2-1-3-13-25)17-7-15-26(16-8-17)18-6-9-23-21-20(18)22-10-11-24-21/h6,9-11,17H,1-5,7-8,12-16H2. The zero-order chi connectivity index (χ0) is 18.5. The van der Waals surface area contributed by atoms with Gasteiger partial charge in [0.15, 0.2) is 5.65 Å². The minimum absolute atomic E-state index is 0.224. The van der Waals surface area contributed by atoms with Crippen molar-refractivity contribution in [2.45, 2.75) is 44.9 Å². The SMILES string of the molecule is O=C(CCCN1CCCCC1)C1CCN(c2ccnc3nccnc23)CC1. The Morgan fingerprint density at radius 1 is 0.963 bits per heavy atom. The molecule has 0 radical (unpaired) electrons. The Bertz CT molecular complexity index is 761. The Kier molecular flexibility index (Phi) is 5.92. The number of aromatic nitrogens is 3. The third-order valence-corrected chi connectivity index (χ3v) is 5.99. The largest absolute Gasteiger partial charge is 0.370 e. The summed E-state index contributed by atoms with van der Waals surface area (Å²) < 4.78 is 0. The van der Waals surface area contributed by atoms with Crippen LogP contribution in [0.1, 0.15) is 44.9 Å². The van der Waals surface area contributed by atoms with Crippen molar-refractivity contribution in [3.05, 3.63) is 24.7 Å². The number of ketones is 1. The van der Waals surface area contributed by atoms with Crippen LogP contribution in [-0.4, -0.2) is 58.4 Å². The van der Waals surface area contributed by atoms with Gasteiger partial charge in [0.2, 0.25) is 0 Å². The minimum Gasteiger partial charge on any atom is -0.370 e. The molecule has 0 unspecified atom stereocenters. The molecule has 4 heterocycles. The number of hydrogen-bond donors (Lipinski definition) is 0. The number of nitrogens with zero attached hydrogens (tertiary/aromatic N) is 5. The summed E-state index contributed by atoms with van der Waals surface area (Å²) in [6, 6.07) is 2.01. The first kappa shape index (κ1) is 18.3. The topological polar surface area (TPSA) is 62.2 Å². The number of carbonyl (C=O) groups is 1. The van der Waals surface area contributed by atoms with Crippen LogP contribution in [0.4, 0.5) is 5.69 Å². The summed E-state index contributed by atoms with van der Waals surface area (Å²) in [6.45, 7) is 5.33. The smallest absolute Gasteiger partial charge is 0.180 e. The van der Waals surface area contributed by atoms with Gasteiger partial charge in [-0.3, -0.25) is 4.79 Å². The number of likely N-dealkylation sites (tertiary alicyclic amines) is 1. The van der Waals surface area contributed by atoms with E-state index in [0.717, 1.165) is 56.5 Å². The second kappa shape index (κ2) is 8.74. The summed E-state index contributed by atoms with van der Waals surface area (Å²) in [5.74, 6) is 0.688. The van der Waals surface area contributed by atoms with Crippen LogP contribution in [0.25, 0.3) is 11.2 Å². The molecule has 0 atom stereocenters. The molecule has 0 amide bonds. The molecule has 2 aromatic heterocycles. The fourth-order valence-electron chi connectivity index (χ4n) is 4.42. The van der Waals surface area contributed by atoms with E-state index < -0.39 is 0 Å². The molecule has 0 aromatic carbocycles. The van der Waals surface area contributed by atoms with Gasteiger partial charge < -0.3 is 9.80 Å². The van der Waals surface area contributed by atoms with Gasteiger partial charge in [-0.25, -0.2) is 15.0 Å². The van der Waals surface area contributed by atoms with Crippen molar-refractivity contribution < 1.29 is 4.79 Å². The zero-order valence-corrected chi connectivity index (χ0v) is 16.0. The summed E-state index contributed by atoms with van der Waals surface area (Å²) in [4.78, 5) is 30.5. The van der Waals surface area contributed by atoms with Crippen molar-refractivity contribution in [2.24, 2.45) is 5.92 Å². The highest BCUT2D eigenvalue weighted by molar-refractivity contribution is 5.85. The van der Waals surface area contributed by atoms with Crippen molar-refractivity contribution in [1.29, 1.82) is 0 Å². The second-order valence-corrected chi connectivity index (χ2v) is 7.79. The molecule has 2 saturated heterocycles. The molecule has 6 nitrogen and oxygen atoms in total. The van der Waals surface area contributed by atoms with Crippen LogP contribution in [0.3, 0.4) is 0 Å². The Labute approximate surface area is 161 Å². The molecule has 0 spiro atoms. The first-order valence-corrected chi connectivity index (χ1v) is 10.4. The van der Waals surface area contributed by atoms with E-state index in [1.54, 1.807) is 18.6 Å². The van der Waals surface area contributed by atoms with Gasteiger partial charge in [0.1, 0.15) is 11.3 Å². The molecule has 2 aromatic rings. The van der Waals surface area contributed by atoms with Gasteiger partial charge in [-0.05, 0) is 57.8 Å². The molecular formula is C21H29N5O. The lowest BCUT2D eigenvalue weighted by molar-refractivity contribution is -0.123. The summed E-state index contributed by atoms with van der Waals surface area (Å²) in [7, 11) is 0. The van der Waals surface area contributed by atoms with E-state index in [9.17, 15) is 4.79 Å². The highest BCUT2D eigenvalue weighted by Gasteiger charge is 2.26. The first-order chi connectivity index (χ1) is 13.3. The first-order valence-electron chi connectivity index (χ1n) is 10.4. The Morgan fingerprint density at radius 3 is 2.52 bits per heavy atom. The van der Waals surface area contributed by atoms with Crippen molar-refractivity contribution in [3.63, 3.8) is 0 Å². The molecule has 2 aliphatic rings. The van der Waals surface area contributed by atoms with Crippen molar-refractivity contribution in [3.8, 4) is 0 Å². The summed E-state index contributed by atoms with van der Waals surface area (Å²) in [5, 5.41) is 0. The summed E-state index contributed by atoms with van der Waals surface area (Å²) >= 11 is 0. The predicted octanol–water partition coefficient (Wildman–Crippen LogP) is 3.08. The minimum atomic E-state index is 0.224. The molecule has 0 aliphatic carbocycles. The maximum Gasteiger partial charge on any atom is 0.180 e. The summed E-state index contributed by atoms with van der Waals surface area (Å²) in [5.41, 5.74) is 2.63. The lowest BCUT2D eigenvalue weighted by Gasteiger charge is -2.33. The number of Topliss-reactive ketones (excluding diaryl/α,β-unsaturated/α-hetero) is 1. The van der Waals surface area contributed by atoms with Gasteiger partial charge in [0, 0.05) is 44.0 Å². The van der Waals surface area contributed by atoms with Crippen LogP contribution in [0.2, 0.25) is 0 Å². The molecule has 4 rings (SSSR count). The maximum atomic E-state index is 12.6. The molecular weight excluding hydrogens is 338 g/mol. The average molecular weight is 367 g/mol. The van der Waals surface area contributed by atoms with Gasteiger partial charge in [0.25, 0.3) is 0 Å². The van der Waals surface area contributed by atoms with Crippen molar-refractivity contribution in [1.82, 2.24) is 19.9 Å². The van der Waals surface area contributed by atoms with Gasteiger partial charge in [0.05, 0.1) is 5.69 Å². The number of carbonyl (C=O) groups excluding carboxylic acids is 1. The quantitative estimate of drug-likeness (QED) is 0.782. The van der Waals surface area contributed by atoms with Crippen LogP contribution >= 0.6 is 0 Å². The van der Waals surface area contributed by atoms with E-state index >= 15 is 0 Å². The predicted molar refractivity (Wildman–Crippen MR) is 107 cm³/mol. The molecule has 6 heteroatoms. The van der Waals surface area contributed by atoms with E-state index in [1.165, 1.54) is 32.4 Å². The molecule has 2 fully saturated rings. The number of anilines is 1. The van der Waals surface area contributed by atoms with Gasteiger partial charge >= 0.3 is 0 Å². The molecule has 2 aliphatic heterocycles. The van der Waals surface area contributed by atoms with Crippen molar-refractivity contribution >= 4 is 22.6 Å². The normalized spacial score (nSPS) is 19.5. The van der Waals surface area contributed by atoms with E-state index in [-0.39, 0.29) is 5.92 Å². The van der Waals surface area contributed by atoms with E-state index in [0.29, 0.717) is 11.4 Å². The third-order valence-electron chi connectivity index (χ3n) is 5.99. The number of fused-ring (bicyclic) bond motifs is 1. The highest BCUT2D eigenvalue weighted by Crippen LogP contribution is 2.28. The molecule has 27 heavy (non-hydrogen) atoms. The zero-order valence-electron chi connectivity index (χ0n) is 16.0. The molecule has 144 valence electrons. The second-order valence-electron chi connectivity index (χ2n) is 7.79. The number of rotatable bonds is 6. The van der Waals surface area contributed by atoms with Crippen LogP contribution < -0.4 is 4.90 Å². The third kappa shape index (κ3) is 4.43. The highest BCUT2D eigenvalue weighted by atomic mass is 16.1. The maximum absolute atomic E-state index is 12.6. The lowest BCUT2D eigenvalue weighted by Crippen LogP contribution is -2.37. The van der Waals surface area contributed by atoms with Crippen LogP contribution in [0, 0.1) is 5.92 Å². The van der Waals surface area contributed by atoms with Gasteiger partial charge in [-0.1, -0.05) is 6.42 Å². The van der Waals surface area contributed by atoms with Gasteiger partial charge in [-0.15, -0.1) is 0 Å². The van der Waals surface area contributed by atoms with Crippen LogP contribution in [0.5, 0.6) is 0 Å². The fraction of sp³-hybridized carbons (Fsp3) is 0.619. The molecule has 0 bridgehead atoms. The Hall–Kier alpha value is -2.08. The lowest BCUT2D eigenvalue weighted by atomic mass is 9.90. The Morgan fingerprint density at radius 2 is 1.70 bits per heavy atom. The summed E-state index contributed by atoms with van der Waals surface area (Å²) in [6.07, 6.45) is 12.8. The van der Waals surface area contributed by atoms with Crippen molar-refractivity contribution in [2.75, 3.05) is 37.6 Å². The van der Waals surface area contributed by atoms with Crippen LogP contribution in [0.15, 0.2) is 24.7 Å². The Balaban J connectivity index is 1.27. The molecule has 0 saturated carbocycles. The number of pyridine rings is 1. The number of piperidine rings is 2. The van der Waals surface area contributed by atoms with Gasteiger partial charge in [-0.2, -0.15) is 0 Å². The van der Waals surface area contributed by atoms with E-state index in [4.69, 9.17) is 0 Å². The molecule has 0 N–H and O–H groups in total. The fourth-order valence-corrected chi connectivity index (χ4v) is 4.42. The van der Waals surface area contributed by atoms with Crippen LogP contribution in [-0.2, 0) is 4.79 Å². The number of hydrogen-bond acceptors (Lipinski definition) is 6. The van der Waals surface area contributed by atoms with E-state index in [2.05, 4.69) is 24.8 Å². The van der Waals surface area contributed by atoms with E-state index in [1.807, 2.05) is 6.07 Å². The monoisotopic (exact) mass is 367 g/mol. The average Bonchev–Trinajstić information content (AvgIpc) is 2.74.